The van der Waals surface area contributed by atoms with Crippen LogP contribution in [-0.2, 0) is 4.74 Å². The average molecular weight is 682 g/mol. The van der Waals surface area contributed by atoms with Crippen LogP contribution in [0, 0.1) is 11.8 Å². The third kappa shape index (κ3) is 5.42. The highest BCUT2D eigenvalue weighted by Crippen LogP contribution is 2.51. The number of benzene rings is 3. The molecule has 5 unspecified atom stereocenters. The van der Waals surface area contributed by atoms with E-state index in [-0.39, 0.29) is 24.4 Å². The van der Waals surface area contributed by atoms with Crippen LogP contribution >= 0.6 is 0 Å². The van der Waals surface area contributed by atoms with Crippen LogP contribution in [0.2, 0.25) is 0 Å². The predicted molar refractivity (Wildman–Crippen MR) is 206 cm³/mol. The van der Waals surface area contributed by atoms with Crippen molar-refractivity contribution in [2.24, 2.45) is 21.8 Å². The van der Waals surface area contributed by atoms with Gasteiger partial charge in [-0.2, -0.15) is 0 Å². The fourth-order valence-electron chi connectivity index (χ4n) is 8.58. The number of amidine groups is 2. The number of allylic oxidation sites excluding steroid dienone is 4. The second kappa shape index (κ2) is 12.9. The summed E-state index contributed by atoms with van der Waals surface area (Å²) in [7, 11) is 0. The van der Waals surface area contributed by atoms with Crippen molar-refractivity contribution in [2.45, 2.75) is 37.3 Å². The zero-order valence-corrected chi connectivity index (χ0v) is 28.6. The van der Waals surface area contributed by atoms with Crippen molar-refractivity contribution >= 4 is 22.9 Å². The van der Waals surface area contributed by atoms with E-state index >= 15 is 0 Å². The Hall–Kier alpha value is -6.15. The zero-order chi connectivity index (χ0) is 34.4. The van der Waals surface area contributed by atoms with Gasteiger partial charge in [0.2, 0.25) is 0 Å². The van der Waals surface area contributed by atoms with Gasteiger partial charge in [-0.3, -0.25) is 4.98 Å². The molecule has 8 heteroatoms. The Morgan fingerprint density at radius 2 is 1.65 bits per heavy atom. The SMILES string of the molecule is C1=CC2C3C4=C(C=CC3N(c3cccc(C5=NC(c6ccncc6)NC(c6ccc(C7=CCNC=C7)cc6)=N5)c3)C2CC1)N[C@@H](c1ccccc1)O4. The molecule has 0 amide bonds. The third-order valence-corrected chi connectivity index (χ3v) is 11.0. The smallest absolute Gasteiger partial charge is 0.196 e. The van der Waals surface area contributed by atoms with Crippen LogP contribution in [0.25, 0.3) is 5.57 Å². The van der Waals surface area contributed by atoms with Gasteiger partial charge in [0.25, 0.3) is 0 Å². The first kappa shape index (κ1) is 30.7. The summed E-state index contributed by atoms with van der Waals surface area (Å²) in [6.45, 7) is 0.834. The Balaban J connectivity index is 0.989. The van der Waals surface area contributed by atoms with Crippen molar-refractivity contribution in [1.29, 1.82) is 0 Å². The molecule has 6 aliphatic rings. The Kier molecular flexibility index (Phi) is 7.59. The van der Waals surface area contributed by atoms with Crippen LogP contribution in [0.15, 0.2) is 167 Å². The number of hydrogen-bond acceptors (Lipinski definition) is 8. The van der Waals surface area contributed by atoms with Gasteiger partial charge in [0, 0.05) is 53.3 Å². The molecule has 0 bridgehead atoms. The molecule has 3 N–H and O–H groups in total. The van der Waals surface area contributed by atoms with Gasteiger partial charge in [0.1, 0.15) is 17.8 Å². The number of nitrogens with zero attached hydrogens (tertiary/aromatic N) is 4. The van der Waals surface area contributed by atoms with Crippen LogP contribution in [0.3, 0.4) is 0 Å². The molecule has 4 aliphatic heterocycles. The van der Waals surface area contributed by atoms with E-state index in [9.17, 15) is 0 Å². The molecule has 0 saturated carbocycles. The summed E-state index contributed by atoms with van der Waals surface area (Å²) in [6.07, 6.45) is 21.0. The average Bonchev–Trinajstić information content (AvgIpc) is 3.82. The van der Waals surface area contributed by atoms with Gasteiger partial charge in [-0.1, -0.05) is 91.0 Å². The summed E-state index contributed by atoms with van der Waals surface area (Å²) in [5, 5.41) is 10.5. The van der Waals surface area contributed by atoms with E-state index in [1.54, 1.807) is 0 Å². The first-order valence-electron chi connectivity index (χ1n) is 18.3. The number of nitrogens with one attached hydrogen (secondary N) is 3. The number of aromatic nitrogens is 1. The van der Waals surface area contributed by atoms with Gasteiger partial charge in [0.05, 0.1) is 17.7 Å². The largest absolute Gasteiger partial charge is 0.468 e. The highest BCUT2D eigenvalue weighted by Gasteiger charge is 2.53. The number of pyridine rings is 1. The van der Waals surface area contributed by atoms with Gasteiger partial charge in [-0.15, -0.1) is 0 Å². The molecular formula is C44H39N7O. The maximum Gasteiger partial charge on any atom is 0.196 e. The number of aliphatic imine (C=N–C) groups is 2. The fourth-order valence-corrected chi connectivity index (χ4v) is 8.58. The van der Waals surface area contributed by atoms with Crippen LogP contribution in [-0.4, -0.2) is 35.3 Å². The van der Waals surface area contributed by atoms with Gasteiger partial charge in [-0.25, -0.2) is 9.98 Å². The summed E-state index contributed by atoms with van der Waals surface area (Å²) >= 11 is 0. The van der Waals surface area contributed by atoms with Gasteiger partial charge in [0.15, 0.2) is 12.1 Å². The number of anilines is 1. The number of ether oxygens (including phenoxy) is 1. The second-order valence-corrected chi connectivity index (χ2v) is 14.0. The Morgan fingerprint density at radius 1 is 0.788 bits per heavy atom. The van der Waals surface area contributed by atoms with Crippen molar-refractivity contribution in [1.82, 2.24) is 20.9 Å². The molecule has 0 radical (unpaired) electrons. The second-order valence-electron chi connectivity index (χ2n) is 14.0. The normalized spacial score (nSPS) is 26.8. The minimum atomic E-state index is -0.302. The van der Waals surface area contributed by atoms with Gasteiger partial charge in [-0.05, 0) is 72.2 Å². The Bertz CT molecular complexity index is 2220. The highest BCUT2D eigenvalue weighted by molar-refractivity contribution is 6.13. The topological polar surface area (TPSA) is 86.2 Å². The van der Waals surface area contributed by atoms with Gasteiger partial charge < -0.3 is 25.6 Å². The van der Waals surface area contributed by atoms with E-state index in [0.29, 0.717) is 17.8 Å². The molecular weight excluding hydrogens is 643 g/mol. The lowest BCUT2D eigenvalue weighted by Crippen LogP contribution is -2.38. The highest BCUT2D eigenvalue weighted by atomic mass is 16.5. The van der Waals surface area contributed by atoms with E-state index in [1.165, 1.54) is 16.8 Å². The minimum Gasteiger partial charge on any atom is -0.468 e. The molecule has 1 fully saturated rings. The van der Waals surface area contributed by atoms with Crippen LogP contribution in [0.4, 0.5) is 5.69 Å². The summed E-state index contributed by atoms with van der Waals surface area (Å²) < 4.78 is 6.77. The van der Waals surface area contributed by atoms with Crippen LogP contribution < -0.4 is 20.9 Å². The minimum absolute atomic E-state index is 0.171. The van der Waals surface area contributed by atoms with Crippen molar-refractivity contribution in [3.8, 4) is 0 Å². The molecule has 1 aromatic heterocycles. The first-order chi connectivity index (χ1) is 25.8. The van der Waals surface area contributed by atoms with E-state index < -0.39 is 0 Å². The van der Waals surface area contributed by atoms with E-state index in [2.05, 4.69) is 135 Å². The van der Waals surface area contributed by atoms with Crippen molar-refractivity contribution in [2.75, 3.05) is 11.4 Å². The van der Waals surface area contributed by atoms with E-state index in [1.807, 2.05) is 36.8 Å². The Labute approximate surface area is 303 Å². The van der Waals surface area contributed by atoms with E-state index in [4.69, 9.17) is 14.7 Å². The molecule has 8 nitrogen and oxygen atoms in total. The van der Waals surface area contributed by atoms with Crippen molar-refractivity contribution < 1.29 is 4.74 Å². The lowest BCUT2D eigenvalue weighted by atomic mass is 9.79. The van der Waals surface area contributed by atoms with Gasteiger partial charge >= 0.3 is 0 Å². The molecule has 4 aromatic rings. The predicted octanol–water partition coefficient (Wildman–Crippen LogP) is 7.32. The number of fused-ring (bicyclic) bond motifs is 4. The summed E-state index contributed by atoms with van der Waals surface area (Å²) in [5.41, 5.74) is 8.86. The molecule has 6 atom stereocenters. The maximum atomic E-state index is 6.77. The maximum absolute atomic E-state index is 6.77. The quantitative estimate of drug-likeness (QED) is 0.185. The number of rotatable bonds is 6. The summed E-state index contributed by atoms with van der Waals surface area (Å²) in [4.78, 5) is 17.3. The molecule has 1 saturated heterocycles. The number of dihydropyridines is 1. The van der Waals surface area contributed by atoms with Crippen LogP contribution in [0.5, 0.6) is 0 Å². The Morgan fingerprint density at radius 3 is 2.50 bits per heavy atom. The van der Waals surface area contributed by atoms with E-state index in [0.717, 1.165) is 58.9 Å². The zero-order valence-electron chi connectivity index (χ0n) is 28.6. The van der Waals surface area contributed by atoms with Crippen LogP contribution in [0.1, 0.15) is 53.1 Å². The fraction of sp³-hybridized carbons (Fsp3) is 0.205. The molecule has 2 aliphatic carbocycles. The molecule has 5 heterocycles. The van der Waals surface area contributed by atoms with Crippen molar-refractivity contribution in [3.63, 3.8) is 0 Å². The molecule has 3 aromatic carbocycles. The molecule has 0 spiro atoms. The summed E-state index contributed by atoms with van der Waals surface area (Å²) in [6, 6.07) is 32.4. The summed E-state index contributed by atoms with van der Waals surface area (Å²) in [5.74, 6) is 3.16. The standard InChI is InChI=1S/C44H39N7O/c1-2-7-32(8-3-1)44-47-36-17-18-38-39(40(36)52-44)35-11-4-5-12-37(35)51(38)34-10-6-9-33(27-34)43-49-41(48-42(50-43)31-21-25-46-26-22-31)30-15-13-28(14-16-30)29-19-23-45-24-20-29/h1-4,6-11,13-23,25-27,35,37-39,42,44-45,47H,5,12,24H2,(H,48,49,50)/t35?,37?,38?,39?,42?,44-/m1/s1. The third-order valence-electron chi connectivity index (χ3n) is 11.0. The molecule has 52 heavy (non-hydrogen) atoms. The molecule has 10 rings (SSSR count). The first-order valence-corrected chi connectivity index (χ1v) is 18.3. The lowest BCUT2D eigenvalue weighted by Gasteiger charge is -2.34. The molecule has 256 valence electrons. The number of hydrogen-bond donors (Lipinski definition) is 3. The van der Waals surface area contributed by atoms with Crippen molar-refractivity contribution in [3.05, 3.63) is 185 Å². The lowest BCUT2D eigenvalue weighted by molar-refractivity contribution is 0.101. The monoisotopic (exact) mass is 681 g/mol.